The lowest BCUT2D eigenvalue weighted by atomic mass is 10.2. The van der Waals surface area contributed by atoms with E-state index in [4.69, 9.17) is 18.0 Å². The summed E-state index contributed by atoms with van der Waals surface area (Å²) in [6, 6.07) is 7.89. The first-order chi connectivity index (χ1) is 6.74. The number of nitrogen functional groups attached to an aromatic ring is 1. The number of hydrogen-bond acceptors (Lipinski definition) is 2. The number of H-pyrrole nitrogens is 1. The molecule has 1 aromatic carbocycles. The van der Waals surface area contributed by atoms with Gasteiger partial charge < -0.3 is 5.73 Å². The van der Waals surface area contributed by atoms with E-state index in [1.54, 1.807) is 0 Å². The summed E-state index contributed by atoms with van der Waals surface area (Å²) < 4.78 is 2.56. The van der Waals surface area contributed by atoms with Crippen LogP contribution < -0.4 is 10.3 Å². The Morgan fingerprint density at radius 3 is 2.86 bits per heavy atom. The molecule has 0 saturated carbocycles. The highest BCUT2D eigenvalue weighted by Gasteiger charge is 2.09. The van der Waals surface area contributed by atoms with Gasteiger partial charge in [-0.25, -0.2) is 4.57 Å². The van der Waals surface area contributed by atoms with Gasteiger partial charge in [0.2, 0.25) is 5.82 Å². The first-order valence-corrected chi connectivity index (χ1v) is 4.95. The van der Waals surface area contributed by atoms with E-state index < -0.39 is 0 Å². The van der Waals surface area contributed by atoms with Gasteiger partial charge in [0.15, 0.2) is 0 Å². The topological polar surface area (TPSA) is 45.7 Å². The number of para-hydroxylation sites is 1. The largest absolute Gasteiger partial charge is 0.318 e. The van der Waals surface area contributed by atoms with E-state index in [2.05, 4.69) is 4.98 Å². The van der Waals surface area contributed by atoms with E-state index in [1.165, 1.54) is 0 Å². The van der Waals surface area contributed by atoms with E-state index in [9.17, 15) is 0 Å². The van der Waals surface area contributed by atoms with E-state index >= 15 is 0 Å². The Morgan fingerprint density at radius 2 is 2.14 bits per heavy atom. The van der Waals surface area contributed by atoms with Crippen molar-refractivity contribution in [2.45, 2.75) is 13.5 Å². The summed E-state index contributed by atoms with van der Waals surface area (Å²) in [7, 11) is 0. The number of hydrogen-bond donors (Lipinski definition) is 2. The fraction of sp³-hybridized carbons (Fsp3) is 0.200. The second-order valence-corrected chi connectivity index (χ2v) is 3.49. The van der Waals surface area contributed by atoms with Gasteiger partial charge in [-0.1, -0.05) is 12.1 Å². The van der Waals surface area contributed by atoms with Crippen LogP contribution in [0.4, 0.5) is 5.82 Å². The summed E-state index contributed by atoms with van der Waals surface area (Å²) in [5.74, 6) is 0.729. The first kappa shape index (κ1) is 9.15. The fourth-order valence-electron chi connectivity index (χ4n) is 1.57. The van der Waals surface area contributed by atoms with Crippen molar-refractivity contribution < 1.29 is 4.57 Å². The number of nitrogens with two attached hydrogens (primary N) is 1. The van der Waals surface area contributed by atoms with Crippen molar-refractivity contribution in [2.24, 2.45) is 0 Å². The van der Waals surface area contributed by atoms with Crippen molar-refractivity contribution in [3.05, 3.63) is 29.0 Å². The zero-order chi connectivity index (χ0) is 10.1. The summed E-state index contributed by atoms with van der Waals surface area (Å²) >= 11 is 5.19. The Kier molecular flexibility index (Phi) is 2.21. The third-order valence-corrected chi connectivity index (χ3v) is 2.62. The van der Waals surface area contributed by atoms with Gasteiger partial charge >= 0.3 is 0 Å². The number of nitrogens with one attached hydrogen (secondary N) is 1. The van der Waals surface area contributed by atoms with Crippen molar-refractivity contribution in [3.8, 4) is 0 Å². The molecular formula is C10H12N3S+. The number of nitrogens with zero attached hydrogens (tertiary/aromatic N) is 1. The van der Waals surface area contributed by atoms with Gasteiger partial charge in [0, 0.05) is 0 Å². The summed E-state index contributed by atoms with van der Waals surface area (Å²) in [6.07, 6.45) is 0. The van der Waals surface area contributed by atoms with E-state index in [0.717, 1.165) is 23.3 Å². The molecule has 0 aliphatic heterocycles. The van der Waals surface area contributed by atoms with Crippen molar-refractivity contribution >= 4 is 28.9 Å². The molecule has 0 aliphatic rings. The van der Waals surface area contributed by atoms with Gasteiger partial charge in [-0.05, 0) is 31.3 Å². The maximum absolute atomic E-state index is 6.01. The van der Waals surface area contributed by atoms with Gasteiger partial charge in [0.25, 0.3) is 4.77 Å². The minimum absolute atomic E-state index is 0.670. The van der Waals surface area contributed by atoms with Gasteiger partial charge in [-0.3, -0.25) is 4.98 Å². The number of aromatic nitrogens is 2. The lowest BCUT2D eigenvalue weighted by molar-refractivity contribution is -0.687. The highest BCUT2D eigenvalue weighted by molar-refractivity contribution is 7.71. The van der Waals surface area contributed by atoms with Crippen LogP contribution in [0.3, 0.4) is 0 Å². The van der Waals surface area contributed by atoms with E-state index in [-0.39, 0.29) is 0 Å². The number of rotatable bonds is 1. The maximum atomic E-state index is 6.01. The molecule has 0 spiro atoms. The summed E-state index contributed by atoms with van der Waals surface area (Å²) in [5.41, 5.74) is 6.99. The fourth-order valence-corrected chi connectivity index (χ4v) is 1.90. The minimum atomic E-state index is 0.670. The molecule has 1 heterocycles. The Balaban J connectivity index is 2.93. The quantitative estimate of drug-likeness (QED) is 0.552. The molecule has 4 heteroatoms. The third kappa shape index (κ3) is 1.28. The summed E-state index contributed by atoms with van der Waals surface area (Å²) in [4.78, 5) is 3.15. The summed E-state index contributed by atoms with van der Waals surface area (Å²) in [6.45, 7) is 2.81. The molecule has 2 aromatic rings. The molecule has 0 saturated heterocycles. The Morgan fingerprint density at radius 1 is 1.43 bits per heavy atom. The molecule has 2 rings (SSSR count). The van der Waals surface area contributed by atoms with Crippen LogP contribution in [0.2, 0.25) is 0 Å². The number of aromatic amines is 1. The van der Waals surface area contributed by atoms with Crippen LogP contribution in [0, 0.1) is 4.77 Å². The normalized spacial score (nSPS) is 10.6. The van der Waals surface area contributed by atoms with Gasteiger partial charge in [0.1, 0.15) is 5.52 Å². The van der Waals surface area contributed by atoms with Crippen LogP contribution >= 0.6 is 12.2 Å². The second kappa shape index (κ2) is 3.38. The van der Waals surface area contributed by atoms with E-state index in [1.807, 2.05) is 35.8 Å². The molecule has 3 N–H and O–H groups in total. The Labute approximate surface area is 87.2 Å². The Hall–Kier alpha value is -1.42. The highest BCUT2D eigenvalue weighted by Crippen LogP contribution is 2.14. The zero-order valence-corrected chi connectivity index (χ0v) is 8.77. The SMILES string of the molecule is CC[n+]1c(N)c2ccccc2[nH]c1=S. The second-order valence-electron chi connectivity index (χ2n) is 3.11. The molecule has 0 fully saturated rings. The number of fused-ring (bicyclic) bond motifs is 1. The predicted molar refractivity (Wildman–Crippen MR) is 59.4 cm³/mol. The molecule has 1 aromatic heterocycles. The third-order valence-electron chi connectivity index (χ3n) is 2.30. The number of benzene rings is 1. The van der Waals surface area contributed by atoms with Crippen molar-refractivity contribution in [3.63, 3.8) is 0 Å². The first-order valence-electron chi connectivity index (χ1n) is 4.54. The van der Waals surface area contributed by atoms with Crippen molar-refractivity contribution in [1.82, 2.24) is 4.98 Å². The average Bonchev–Trinajstić information content (AvgIpc) is 2.18. The smallest absolute Gasteiger partial charge is 0.295 e. The molecule has 0 atom stereocenters. The van der Waals surface area contributed by atoms with Crippen molar-refractivity contribution in [2.75, 3.05) is 5.73 Å². The molecule has 0 aliphatic carbocycles. The molecule has 72 valence electrons. The molecule has 0 radical (unpaired) electrons. The monoisotopic (exact) mass is 206 g/mol. The lowest BCUT2D eigenvalue weighted by Gasteiger charge is -2.03. The van der Waals surface area contributed by atoms with Crippen LogP contribution in [0.1, 0.15) is 6.92 Å². The summed E-state index contributed by atoms with van der Waals surface area (Å²) in [5, 5.41) is 1.02. The van der Waals surface area contributed by atoms with E-state index in [0.29, 0.717) is 4.77 Å². The molecule has 3 nitrogen and oxygen atoms in total. The molecular weight excluding hydrogens is 194 g/mol. The standard InChI is InChI=1S/C10H11N3S/c1-2-13-9(11)7-5-3-4-6-8(7)12-10(13)14/h3-6H,2H2,1H3,(H2,11,12,14)/p+1. The lowest BCUT2D eigenvalue weighted by Crippen LogP contribution is -2.38. The van der Waals surface area contributed by atoms with Crippen LogP contribution in [0.5, 0.6) is 0 Å². The minimum Gasteiger partial charge on any atom is -0.318 e. The average molecular weight is 206 g/mol. The van der Waals surface area contributed by atoms with Crippen LogP contribution in [0.25, 0.3) is 10.9 Å². The van der Waals surface area contributed by atoms with Crippen LogP contribution in [0.15, 0.2) is 24.3 Å². The number of anilines is 1. The maximum Gasteiger partial charge on any atom is 0.295 e. The Bertz CT molecular complexity index is 530. The molecule has 0 bridgehead atoms. The zero-order valence-electron chi connectivity index (χ0n) is 7.95. The van der Waals surface area contributed by atoms with Crippen LogP contribution in [-0.4, -0.2) is 4.98 Å². The molecule has 0 amide bonds. The molecule has 14 heavy (non-hydrogen) atoms. The van der Waals surface area contributed by atoms with Gasteiger partial charge in [-0.2, -0.15) is 0 Å². The highest BCUT2D eigenvalue weighted by atomic mass is 32.1. The van der Waals surface area contributed by atoms with Gasteiger partial charge in [-0.15, -0.1) is 0 Å². The predicted octanol–water partition coefficient (Wildman–Crippen LogP) is 1.79. The van der Waals surface area contributed by atoms with Crippen molar-refractivity contribution in [1.29, 1.82) is 0 Å². The van der Waals surface area contributed by atoms with Crippen LogP contribution in [-0.2, 0) is 6.54 Å². The molecule has 0 unspecified atom stereocenters. The van der Waals surface area contributed by atoms with Gasteiger partial charge in [0.05, 0.1) is 11.9 Å².